The van der Waals surface area contributed by atoms with Crippen LogP contribution in [0.5, 0.6) is 5.75 Å². The van der Waals surface area contributed by atoms with Crippen molar-refractivity contribution in [1.29, 1.82) is 0 Å². The third-order valence-electron chi connectivity index (χ3n) is 2.51. The minimum absolute atomic E-state index is 0.180. The van der Waals surface area contributed by atoms with Gasteiger partial charge in [-0.25, -0.2) is 0 Å². The van der Waals surface area contributed by atoms with Crippen LogP contribution >= 0.6 is 0 Å². The summed E-state index contributed by atoms with van der Waals surface area (Å²) in [4.78, 5) is 3.90. The largest absolute Gasteiger partial charge is 0.482 e. The second kappa shape index (κ2) is 6.27. The summed E-state index contributed by atoms with van der Waals surface area (Å²) in [5.74, 6) is 0.180. The maximum Gasteiger partial charge on any atom is 0.422 e. The number of hydrogen-bond donors (Lipinski definition) is 1. The summed E-state index contributed by atoms with van der Waals surface area (Å²) in [6, 6.07) is 10.2. The summed E-state index contributed by atoms with van der Waals surface area (Å²) in [6.45, 7) is -0.824. The van der Waals surface area contributed by atoms with E-state index in [-0.39, 0.29) is 5.75 Å². The molecule has 0 saturated carbocycles. The second-order valence-corrected chi connectivity index (χ2v) is 4.11. The first-order valence-corrected chi connectivity index (χ1v) is 5.96. The number of para-hydroxylation sites is 2. The fourth-order valence-corrected chi connectivity index (χ4v) is 1.60. The van der Waals surface area contributed by atoms with Crippen LogP contribution in [-0.4, -0.2) is 17.8 Å². The van der Waals surface area contributed by atoms with Gasteiger partial charge in [0.25, 0.3) is 0 Å². The molecule has 0 atom stereocenters. The monoisotopic (exact) mass is 282 g/mol. The molecule has 106 valence electrons. The lowest BCUT2D eigenvalue weighted by Gasteiger charge is -2.14. The topological polar surface area (TPSA) is 34.1 Å². The Balaban J connectivity index is 2.01. The Labute approximate surface area is 114 Å². The fourth-order valence-electron chi connectivity index (χ4n) is 1.60. The number of nitrogens with one attached hydrogen (secondary N) is 1. The molecule has 1 aromatic carbocycles. The molecule has 0 aliphatic heterocycles. The van der Waals surface area contributed by atoms with E-state index in [1.807, 2.05) is 12.1 Å². The third kappa shape index (κ3) is 4.46. The van der Waals surface area contributed by atoms with Gasteiger partial charge in [-0.1, -0.05) is 12.1 Å². The van der Waals surface area contributed by atoms with Crippen molar-refractivity contribution in [2.24, 2.45) is 0 Å². The highest BCUT2D eigenvalue weighted by Gasteiger charge is 2.28. The molecule has 1 heterocycles. The Morgan fingerprint density at radius 3 is 2.45 bits per heavy atom. The highest BCUT2D eigenvalue weighted by molar-refractivity contribution is 5.56. The molecule has 0 amide bonds. The molecule has 3 nitrogen and oxygen atoms in total. The molecule has 0 spiro atoms. The zero-order valence-corrected chi connectivity index (χ0v) is 10.5. The van der Waals surface area contributed by atoms with E-state index in [1.165, 1.54) is 6.07 Å². The van der Waals surface area contributed by atoms with Crippen LogP contribution in [0.4, 0.5) is 18.9 Å². The summed E-state index contributed by atoms with van der Waals surface area (Å²) in [5.41, 5.74) is 1.50. The molecule has 0 saturated heterocycles. The van der Waals surface area contributed by atoms with E-state index < -0.39 is 12.8 Å². The van der Waals surface area contributed by atoms with Crippen LogP contribution in [-0.2, 0) is 6.54 Å². The van der Waals surface area contributed by atoms with Crippen molar-refractivity contribution in [3.63, 3.8) is 0 Å². The van der Waals surface area contributed by atoms with Gasteiger partial charge in [-0.3, -0.25) is 4.98 Å². The average molecular weight is 282 g/mol. The summed E-state index contributed by atoms with van der Waals surface area (Å²) >= 11 is 0. The van der Waals surface area contributed by atoms with E-state index in [0.29, 0.717) is 12.2 Å². The number of halogens is 3. The Bertz CT molecular complexity index is 544. The van der Waals surface area contributed by atoms with Gasteiger partial charge in [0.15, 0.2) is 6.61 Å². The predicted molar refractivity (Wildman–Crippen MR) is 69.6 cm³/mol. The highest BCUT2D eigenvalue weighted by Crippen LogP contribution is 2.26. The first-order chi connectivity index (χ1) is 9.54. The van der Waals surface area contributed by atoms with Gasteiger partial charge in [0, 0.05) is 18.9 Å². The molecule has 0 bridgehead atoms. The van der Waals surface area contributed by atoms with Crippen LogP contribution in [0, 0.1) is 0 Å². The first kappa shape index (κ1) is 14.2. The van der Waals surface area contributed by atoms with Crippen molar-refractivity contribution in [3.8, 4) is 5.75 Å². The lowest BCUT2D eigenvalue weighted by atomic mass is 10.2. The van der Waals surface area contributed by atoms with Gasteiger partial charge in [-0.15, -0.1) is 0 Å². The van der Waals surface area contributed by atoms with Gasteiger partial charge in [0.05, 0.1) is 5.69 Å². The number of alkyl halides is 3. The molecule has 2 rings (SSSR count). The number of anilines is 1. The van der Waals surface area contributed by atoms with E-state index in [9.17, 15) is 13.2 Å². The summed E-state index contributed by atoms with van der Waals surface area (Å²) < 4.78 is 41.3. The second-order valence-electron chi connectivity index (χ2n) is 4.11. The SMILES string of the molecule is FC(F)(F)COc1ccccc1NCc1ccncc1. The van der Waals surface area contributed by atoms with Gasteiger partial charge in [0.1, 0.15) is 5.75 Å². The van der Waals surface area contributed by atoms with Crippen LogP contribution in [0.3, 0.4) is 0 Å². The summed E-state index contributed by atoms with van der Waals surface area (Å²) in [5, 5.41) is 3.05. The van der Waals surface area contributed by atoms with Gasteiger partial charge in [0.2, 0.25) is 0 Å². The normalized spacial score (nSPS) is 11.2. The number of aromatic nitrogens is 1. The number of pyridine rings is 1. The molecule has 0 aliphatic rings. The number of hydrogen-bond acceptors (Lipinski definition) is 3. The fraction of sp³-hybridized carbons (Fsp3) is 0.214. The minimum Gasteiger partial charge on any atom is -0.482 e. The van der Waals surface area contributed by atoms with Gasteiger partial charge in [-0.2, -0.15) is 13.2 Å². The number of nitrogens with zero attached hydrogens (tertiary/aromatic N) is 1. The van der Waals surface area contributed by atoms with Crippen molar-refractivity contribution in [2.75, 3.05) is 11.9 Å². The van der Waals surface area contributed by atoms with Crippen LogP contribution in [0.1, 0.15) is 5.56 Å². The van der Waals surface area contributed by atoms with Crippen molar-refractivity contribution in [1.82, 2.24) is 4.98 Å². The zero-order chi connectivity index (χ0) is 14.4. The van der Waals surface area contributed by atoms with E-state index in [4.69, 9.17) is 4.74 Å². The van der Waals surface area contributed by atoms with Gasteiger partial charge < -0.3 is 10.1 Å². The molecule has 2 aromatic rings. The minimum atomic E-state index is -4.35. The summed E-state index contributed by atoms with van der Waals surface area (Å²) in [7, 11) is 0. The van der Waals surface area contributed by atoms with Crippen LogP contribution in [0.25, 0.3) is 0 Å². The van der Waals surface area contributed by atoms with Crippen molar-refractivity contribution >= 4 is 5.69 Å². The van der Waals surface area contributed by atoms with Gasteiger partial charge >= 0.3 is 6.18 Å². The number of benzene rings is 1. The standard InChI is InChI=1S/C14H13F3N2O/c15-14(16,17)10-20-13-4-2-1-3-12(13)19-9-11-5-7-18-8-6-11/h1-8,19H,9-10H2. The Morgan fingerprint density at radius 2 is 1.75 bits per heavy atom. The van der Waals surface area contributed by atoms with E-state index in [2.05, 4.69) is 10.3 Å². The molecule has 1 N–H and O–H groups in total. The lowest BCUT2D eigenvalue weighted by Crippen LogP contribution is -2.19. The molecular formula is C14H13F3N2O. The van der Waals surface area contributed by atoms with Crippen molar-refractivity contribution in [3.05, 3.63) is 54.4 Å². The zero-order valence-electron chi connectivity index (χ0n) is 10.5. The summed E-state index contributed by atoms with van der Waals surface area (Å²) in [6.07, 6.45) is -1.04. The molecule has 6 heteroatoms. The quantitative estimate of drug-likeness (QED) is 0.909. The van der Waals surface area contributed by atoms with Gasteiger partial charge in [-0.05, 0) is 29.8 Å². The van der Waals surface area contributed by atoms with E-state index >= 15 is 0 Å². The molecule has 1 aromatic heterocycles. The lowest BCUT2D eigenvalue weighted by molar-refractivity contribution is -0.153. The predicted octanol–water partition coefficient (Wildman–Crippen LogP) is 3.63. The Hall–Kier alpha value is -2.24. The Morgan fingerprint density at radius 1 is 1.05 bits per heavy atom. The molecule has 0 radical (unpaired) electrons. The third-order valence-corrected chi connectivity index (χ3v) is 2.51. The molecule has 0 fully saturated rings. The van der Waals surface area contributed by atoms with Crippen LogP contribution < -0.4 is 10.1 Å². The van der Waals surface area contributed by atoms with Crippen LogP contribution in [0.2, 0.25) is 0 Å². The van der Waals surface area contributed by atoms with Crippen molar-refractivity contribution in [2.45, 2.75) is 12.7 Å². The smallest absolute Gasteiger partial charge is 0.422 e. The molecular weight excluding hydrogens is 269 g/mol. The molecule has 0 unspecified atom stereocenters. The number of ether oxygens (including phenoxy) is 1. The first-order valence-electron chi connectivity index (χ1n) is 5.96. The maximum absolute atomic E-state index is 12.2. The molecule has 0 aliphatic carbocycles. The van der Waals surface area contributed by atoms with E-state index in [0.717, 1.165) is 5.56 Å². The van der Waals surface area contributed by atoms with Crippen molar-refractivity contribution < 1.29 is 17.9 Å². The highest BCUT2D eigenvalue weighted by atomic mass is 19.4. The average Bonchev–Trinajstić information content (AvgIpc) is 2.44. The van der Waals surface area contributed by atoms with E-state index in [1.54, 1.807) is 30.6 Å². The van der Waals surface area contributed by atoms with Crippen LogP contribution in [0.15, 0.2) is 48.8 Å². The maximum atomic E-state index is 12.2. The molecule has 20 heavy (non-hydrogen) atoms. The number of rotatable bonds is 5. The Kier molecular flexibility index (Phi) is 4.45.